The minimum Gasteiger partial charge on any atom is -0.358 e. The van der Waals surface area contributed by atoms with Gasteiger partial charge in [-0.15, -0.1) is 0 Å². The van der Waals surface area contributed by atoms with E-state index in [-0.39, 0.29) is 11.4 Å². The number of hydrogen-bond donors (Lipinski definition) is 2. The van der Waals surface area contributed by atoms with Crippen molar-refractivity contribution in [3.63, 3.8) is 0 Å². The van der Waals surface area contributed by atoms with Crippen LogP contribution in [-0.2, 0) is 4.79 Å². The van der Waals surface area contributed by atoms with Gasteiger partial charge >= 0.3 is 0 Å². The van der Waals surface area contributed by atoms with Crippen LogP contribution in [0.15, 0.2) is 24.3 Å². The molecule has 2 rings (SSSR count). The molecule has 0 radical (unpaired) electrons. The fourth-order valence-electron chi connectivity index (χ4n) is 2.79. The van der Waals surface area contributed by atoms with Gasteiger partial charge in [-0.2, -0.15) is 0 Å². The van der Waals surface area contributed by atoms with Gasteiger partial charge in [0.2, 0.25) is 5.91 Å². The summed E-state index contributed by atoms with van der Waals surface area (Å²) < 4.78 is 0. The number of carbonyl (C=O) groups is 1. The van der Waals surface area contributed by atoms with Crippen molar-refractivity contribution in [2.45, 2.75) is 45.2 Å². The lowest BCUT2D eigenvalue weighted by atomic mass is 9.93. The van der Waals surface area contributed by atoms with Gasteiger partial charge in [0.15, 0.2) is 5.11 Å². The highest BCUT2D eigenvalue weighted by Crippen LogP contribution is 2.22. The maximum absolute atomic E-state index is 12.1. The maximum Gasteiger partial charge on any atom is 0.226 e. The van der Waals surface area contributed by atoms with Crippen LogP contribution >= 0.6 is 23.8 Å². The second-order valence-corrected chi connectivity index (χ2v) is 7.19. The second kappa shape index (κ2) is 6.84. The zero-order chi connectivity index (χ0) is 16.3. The number of amides is 1. The Morgan fingerprint density at radius 1 is 1.55 bits per heavy atom. The predicted octanol–water partition coefficient (Wildman–Crippen LogP) is 3.42. The van der Waals surface area contributed by atoms with Crippen LogP contribution in [0.2, 0.25) is 5.02 Å². The van der Waals surface area contributed by atoms with Gasteiger partial charge in [-0.05, 0) is 57.6 Å². The van der Waals surface area contributed by atoms with Crippen LogP contribution in [0, 0.1) is 0 Å². The van der Waals surface area contributed by atoms with Crippen molar-refractivity contribution in [1.82, 2.24) is 10.2 Å². The third-order valence-corrected chi connectivity index (χ3v) is 4.30. The van der Waals surface area contributed by atoms with Gasteiger partial charge < -0.3 is 15.5 Å². The summed E-state index contributed by atoms with van der Waals surface area (Å²) in [4.78, 5) is 14.1. The summed E-state index contributed by atoms with van der Waals surface area (Å²) in [6.45, 7) is 7.03. The summed E-state index contributed by atoms with van der Waals surface area (Å²) in [5.41, 5.74) is 0.724. The van der Waals surface area contributed by atoms with Crippen molar-refractivity contribution >= 4 is 40.5 Å². The van der Waals surface area contributed by atoms with Crippen molar-refractivity contribution < 1.29 is 4.79 Å². The number of nitrogens with one attached hydrogen (secondary N) is 2. The zero-order valence-corrected chi connectivity index (χ0v) is 14.7. The Morgan fingerprint density at radius 2 is 2.27 bits per heavy atom. The van der Waals surface area contributed by atoms with Gasteiger partial charge in [0.1, 0.15) is 0 Å². The molecule has 1 fully saturated rings. The maximum atomic E-state index is 12.1. The van der Waals surface area contributed by atoms with Crippen LogP contribution in [0.5, 0.6) is 0 Å². The topological polar surface area (TPSA) is 44.4 Å². The minimum absolute atomic E-state index is 0.00997. The van der Waals surface area contributed by atoms with Crippen molar-refractivity contribution in [3.05, 3.63) is 29.3 Å². The number of benzene rings is 1. The number of carbonyl (C=O) groups excluding carboxylic acids is 1. The van der Waals surface area contributed by atoms with Crippen LogP contribution < -0.4 is 10.6 Å². The van der Waals surface area contributed by atoms with Crippen LogP contribution in [0.1, 0.15) is 33.6 Å². The molecule has 1 aliphatic rings. The predicted molar refractivity (Wildman–Crippen MR) is 95.3 cm³/mol. The Hall–Kier alpha value is -1.33. The lowest BCUT2D eigenvalue weighted by Crippen LogP contribution is -2.60. The van der Waals surface area contributed by atoms with E-state index in [1.165, 1.54) is 0 Å². The normalized spacial score (nSPS) is 20.5. The average molecular weight is 340 g/mol. The summed E-state index contributed by atoms with van der Waals surface area (Å²) in [6.07, 6.45) is 1.38. The van der Waals surface area contributed by atoms with E-state index >= 15 is 0 Å². The third-order valence-electron chi connectivity index (χ3n) is 3.73. The molecule has 1 aromatic carbocycles. The van der Waals surface area contributed by atoms with E-state index in [0.717, 1.165) is 11.5 Å². The number of thiocarbonyl (C=S) groups is 1. The van der Waals surface area contributed by atoms with Gasteiger partial charge in [-0.3, -0.25) is 4.79 Å². The fraction of sp³-hybridized carbons (Fsp3) is 0.500. The standard InChI is InChI=1S/C16H22ClN3OS/c1-11-10-16(2,3)19-15(22)20(11)8-7-14(21)18-13-6-4-5-12(17)9-13/h4-6,9,11H,7-8,10H2,1-3H3,(H,18,21)(H,19,22)/t11-/m1/s1. The highest BCUT2D eigenvalue weighted by atomic mass is 35.5. The van der Waals surface area contributed by atoms with Gasteiger partial charge in [0.05, 0.1) is 0 Å². The number of rotatable bonds is 4. The molecule has 2 N–H and O–H groups in total. The van der Waals surface area contributed by atoms with Crippen LogP contribution in [0.4, 0.5) is 5.69 Å². The Bertz CT molecular complexity index is 576. The van der Waals surface area contributed by atoms with E-state index in [1.54, 1.807) is 12.1 Å². The molecule has 1 aliphatic heterocycles. The van der Waals surface area contributed by atoms with E-state index in [1.807, 2.05) is 12.1 Å². The number of anilines is 1. The molecule has 22 heavy (non-hydrogen) atoms. The molecule has 0 aliphatic carbocycles. The van der Waals surface area contributed by atoms with Gasteiger partial charge in [-0.1, -0.05) is 17.7 Å². The monoisotopic (exact) mass is 339 g/mol. The van der Waals surface area contributed by atoms with Crippen molar-refractivity contribution in [2.24, 2.45) is 0 Å². The zero-order valence-electron chi connectivity index (χ0n) is 13.1. The third kappa shape index (κ3) is 4.58. The Morgan fingerprint density at radius 3 is 2.91 bits per heavy atom. The van der Waals surface area contributed by atoms with Crippen LogP contribution in [0.3, 0.4) is 0 Å². The largest absolute Gasteiger partial charge is 0.358 e. The molecular weight excluding hydrogens is 318 g/mol. The van der Waals surface area contributed by atoms with E-state index in [4.69, 9.17) is 23.8 Å². The van der Waals surface area contributed by atoms with Gasteiger partial charge in [0, 0.05) is 35.3 Å². The first kappa shape index (κ1) is 17.0. The SMILES string of the molecule is C[C@@H]1CC(C)(C)NC(=S)N1CCC(=O)Nc1cccc(Cl)c1. The highest BCUT2D eigenvalue weighted by molar-refractivity contribution is 7.80. The van der Waals surface area contributed by atoms with Crippen molar-refractivity contribution in [2.75, 3.05) is 11.9 Å². The first-order chi connectivity index (χ1) is 10.3. The molecular formula is C16H22ClN3OS. The lowest BCUT2D eigenvalue weighted by molar-refractivity contribution is -0.116. The molecule has 1 aromatic rings. The molecule has 0 saturated carbocycles. The molecule has 6 heteroatoms. The van der Waals surface area contributed by atoms with E-state index in [9.17, 15) is 4.79 Å². The molecule has 4 nitrogen and oxygen atoms in total. The summed E-state index contributed by atoms with van der Waals surface area (Å²) in [6, 6.07) is 7.46. The minimum atomic E-state index is -0.0397. The summed E-state index contributed by atoms with van der Waals surface area (Å²) in [5.74, 6) is -0.0397. The number of nitrogens with zero attached hydrogens (tertiary/aromatic N) is 1. The lowest BCUT2D eigenvalue weighted by Gasteiger charge is -2.44. The number of halogens is 1. The molecule has 1 heterocycles. The first-order valence-corrected chi connectivity index (χ1v) is 8.20. The van der Waals surface area contributed by atoms with E-state index in [2.05, 4.69) is 36.3 Å². The van der Waals surface area contributed by atoms with Crippen LogP contribution in [-0.4, -0.2) is 34.0 Å². The van der Waals surface area contributed by atoms with Crippen LogP contribution in [0.25, 0.3) is 0 Å². The molecule has 1 saturated heterocycles. The Kier molecular flexibility index (Phi) is 5.29. The molecule has 0 spiro atoms. The average Bonchev–Trinajstić information content (AvgIpc) is 2.36. The molecule has 0 aromatic heterocycles. The fourth-order valence-corrected chi connectivity index (χ4v) is 3.53. The van der Waals surface area contributed by atoms with Gasteiger partial charge in [-0.25, -0.2) is 0 Å². The first-order valence-electron chi connectivity index (χ1n) is 7.41. The molecule has 0 bridgehead atoms. The quantitative estimate of drug-likeness (QED) is 0.825. The van der Waals surface area contributed by atoms with E-state index in [0.29, 0.717) is 29.7 Å². The van der Waals surface area contributed by atoms with Crippen molar-refractivity contribution in [3.8, 4) is 0 Å². The molecule has 1 atom stereocenters. The second-order valence-electron chi connectivity index (χ2n) is 6.37. The van der Waals surface area contributed by atoms with Crippen molar-refractivity contribution in [1.29, 1.82) is 0 Å². The summed E-state index contributed by atoms with van der Waals surface area (Å²) >= 11 is 11.3. The summed E-state index contributed by atoms with van der Waals surface area (Å²) in [5, 5.41) is 7.51. The molecule has 0 unspecified atom stereocenters. The van der Waals surface area contributed by atoms with Gasteiger partial charge in [0.25, 0.3) is 0 Å². The number of hydrogen-bond acceptors (Lipinski definition) is 2. The van der Waals surface area contributed by atoms with E-state index < -0.39 is 0 Å². The Balaban J connectivity index is 1.87. The highest BCUT2D eigenvalue weighted by Gasteiger charge is 2.32. The Labute approximate surface area is 142 Å². The molecule has 1 amide bonds. The smallest absolute Gasteiger partial charge is 0.226 e. The molecule has 120 valence electrons. The summed E-state index contributed by atoms with van der Waals surface area (Å²) in [7, 11) is 0.